The molecule has 0 heterocycles. The zero-order valence-electron chi connectivity index (χ0n) is 11.1. The van der Waals surface area contributed by atoms with E-state index >= 15 is 0 Å². The fourth-order valence-corrected chi connectivity index (χ4v) is 3.36. The molecule has 0 aliphatic heterocycles. The molecule has 0 bridgehead atoms. The predicted molar refractivity (Wildman–Crippen MR) is 93.8 cm³/mol. The molecule has 0 atom stereocenters. The molecule has 1 nitrogen and oxygen atoms in total. The molecule has 3 rings (SSSR count). The molecule has 0 fully saturated rings. The molecule has 0 aliphatic carbocycles. The van der Waals surface area contributed by atoms with Gasteiger partial charge in [-0.25, -0.2) is 0 Å². The Morgan fingerprint density at radius 2 is 1.62 bits per heavy atom. The van der Waals surface area contributed by atoms with E-state index in [-0.39, 0.29) is 5.78 Å². The topological polar surface area (TPSA) is 17.1 Å². The van der Waals surface area contributed by atoms with E-state index < -0.39 is 0 Å². The zero-order chi connectivity index (χ0) is 14.8. The summed E-state index contributed by atoms with van der Waals surface area (Å²) in [5.41, 5.74) is 1.79. The van der Waals surface area contributed by atoms with Crippen LogP contribution in [0, 0.1) is 0 Å². The minimum absolute atomic E-state index is 0.136. The van der Waals surface area contributed by atoms with E-state index in [2.05, 4.69) is 31.9 Å². The van der Waals surface area contributed by atoms with Crippen LogP contribution in [0.3, 0.4) is 0 Å². The first-order chi connectivity index (χ1) is 10.1. The number of fused-ring (bicyclic) bond motifs is 1. The summed E-state index contributed by atoms with van der Waals surface area (Å²) < 4.78 is 2.01. The maximum Gasteiger partial charge on any atom is 0.167 e. The summed E-state index contributed by atoms with van der Waals surface area (Å²) in [6, 6.07) is 19.7. The molecular formula is C18H12Br2O. The van der Waals surface area contributed by atoms with Gasteiger partial charge in [-0.2, -0.15) is 0 Å². The Bertz CT molecular complexity index is 824. The van der Waals surface area contributed by atoms with E-state index in [1.807, 2.05) is 60.7 Å². The Hall–Kier alpha value is -1.45. The van der Waals surface area contributed by atoms with Crippen molar-refractivity contribution in [3.05, 3.63) is 80.7 Å². The summed E-state index contributed by atoms with van der Waals surface area (Å²) in [6.07, 6.45) is 0.408. The van der Waals surface area contributed by atoms with E-state index in [1.54, 1.807) is 0 Å². The molecule has 0 saturated heterocycles. The molecule has 0 radical (unpaired) electrons. The molecule has 104 valence electrons. The first kappa shape index (κ1) is 14.5. The van der Waals surface area contributed by atoms with Crippen LogP contribution in [0.5, 0.6) is 0 Å². The van der Waals surface area contributed by atoms with Gasteiger partial charge in [0.15, 0.2) is 5.78 Å². The summed E-state index contributed by atoms with van der Waals surface area (Å²) in [4.78, 5) is 12.6. The van der Waals surface area contributed by atoms with Gasteiger partial charge in [0.2, 0.25) is 0 Å². The number of halogens is 2. The highest BCUT2D eigenvalue weighted by Gasteiger charge is 2.12. The smallest absolute Gasteiger partial charge is 0.167 e. The summed E-state index contributed by atoms with van der Waals surface area (Å²) >= 11 is 6.98. The summed E-state index contributed by atoms with van der Waals surface area (Å²) in [7, 11) is 0. The van der Waals surface area contributed by atoms with Crippen LogP contribution in [0.25, 0.3) is 10.8 Å². The molecule has 3 heteroatoms. The molecular weight excluding hydrogens is 392 g/mol. The van der Waals surface area contributed by atoms with Crippen molar-refractivity contribution in [2.24, 2.45) is 0 Å². The van der Waals surface area contributed by atoms with E-state index in [9.17, 15) is 4.79 Å². The van der Waals surface area contributed by atoms with Crippen LogP contribution in [-0.4, -0.2) is 5.78 Å². The van der Waals surface area contributed by atoms with Gasteiger partial charge in [0.05, 0.1) is 0 Å². The molecule has 3 aromatic rings. The fourth-order valence-electron chi connectivity index (χ4n) is 2.43. The lowest BCUT2D eigenvalue weighted by molar-refractivity contribution is 0.0994. The lowest BCUT2D eigenvalue weighted by atomic mass is 9.97. The summed E-state index contributed by atoms with van der Waals surface area (Å²) in [5.74, 6) is 0.136. The maximum atomic E-state index is 12.6. The Balaban J connectivity index is 2.01. The SMILES string of the molecule is O=C(Cc1cccc(Br)c1)c1ccc(Br)c2ccccc12. The molecule has 0 aliphatic rings. The minimum atomic E-state index is 0.136. The highest BCUT2D eigenvalue weighted by molar-refractivity contribution is 9.11. The molecule has 3 aromatic carbocycles. The predicted octanol–water partition coefficient (Wildman–Crippen LogP) is 5.79. The van der Waals surface area contributed by atoms with Gasteiger partial charge >= 0.3 is 0 Å². The number of hydrogen-bond acceptors (Lipinski definition) is 1. The third-order valence-electron chi connectivity index (χ3n) is 3.42. The van der Waals surface area contributed by atoms with Crippen LogP contribution in [0.15, 0.2) is 69.6 Å². The molecule has 0 unspecified atom stereocenters. The second-order valence-corrected chi connectivity index (χ2v) is 6.64. The fraction of sp³-hybridized carbons (Fsp3) is 0.0556. The van der Waals surface area contributed by atoms with Gasteiger partial charge in [0, 0.05) is 20.9 Å². The van der Waals surface area contributed by atoms with Crippen molar-refractivity contribution in [2.45, 2.75) is 6.42 Å². The minimum Gasteiger partial charge on any atom is -0.294 e. The van der Waals surface area contributed by atoms with Crippen LogP contribution >= 0.6 is 31.9 Å². The van der Waals surface area contributed by atoms with Crippen molar-refractivity contribution >= 4 is 48.4 Å². The number of ketones is 1. The van der Waals surface area contributed by atoms with Gasteiger partial charge < -0.3 is 0 Å². The summed E-state index contributed by atoms with van der Waals surface area (Å²) in [5, 5.41) is 2.06. The Morgan fingerprint density at radius 3 is 2.38 bits per heavy atom. The first-order valence-electron chi connectivity index (χ1n) is 6.60. The van der Waals surface area contributed by atoms with Crippen molar-refractivity contribution < 1.29 is 4.79 Å². The molecule has 0 aromatic heterocycles. The van der Waals surface area contributed by atoms with Crippen LogP contribution in [0.1, 0.15) is 15.9 Å². The number of Topliss-reactive ketones (excluding diaryl/α,β-unsaturated/α-hetero) is 1. The third kappa shape index (κ3) is 3.09. The normalized spacial score (nSPS) is 10.8. The average Bonchev–Trinajstić information content (AvgIpc) is 2.48. The van der Waals surface area contributed by atoms with Crippen molar-refractivity contribution in [2.75, 3.05) is 0 Å². The monoisotopic (exact) mass is 402 g/mol. The summed E-state index contributed by atoms with van der Waals surface area (Å²) in [6.45, 7) is 0. The van der Waals surface area contributed by atoms with Crippen molar-refractivity contribution in [3.63, 3.8) is 0 Å². The van der Waals surface area contributed by atoms with Gasteiger partial charge in [0.25, 0.3) is 0 Å². The Labute approximate surface area is 140 Å². The average molecular weight is 404 g/mol. The van der Waals surface area contributed by atoms with Crippen molar-refractivity contribution in [1.29, 1.82) is 0 Å². The standard InChI is InChI=1S/C18H12Br2O/c19-13-5-3-4-12(10-13)11-18(21)16-8-9-17(20)15-7-2-1-6-14(15)16/h1-10H,11H2. The van der Waals surface area contributed by atoms with Crippen molar-refractivity contribution in [3.8, 4) is 0 Å². The zero-order valence-corrected chi connectivity index (χ0v) is 14.3. The number of benzene rings is 3. The van der Waals surface area contributed by atoms with Gasteiger partial charge in [-0.3, -0.25) is 4.79 Å². The number of carbonyl (C=O) groups is 1. The second-order valence-electron chi connectivity index (χ2n) is 4.87. The lowest BCUT2D eigenvalue weighted by Gasteiger charge is -2.08. The van der Waals surface area contributed by atoms with E-state index in [0.29, 0.717) is 6.42 Å². The highest BCUT2D eigenvalue weighted by atomic mass is 79.9. The Morgan fingerprint density at radius 1 is 0.857 bits per heavy atom. The number of carbonyl (C=O) groups excluding carboxylic acids is 1. The molecule has 0 N–H and O–H groups in total. The van der Waals surface area contributed by atoms with Crippen LogP contribution in [-0.2, 0) is 6.42 Å². The van der Waals surface area contributed by atoms with Gasteiger partial charge in [-0.1, -0.05) is 68.3 Å². The maximum absolute atomic E-state index is 12.6. The number of hydrogen-bond donors (Lipinski definition) is 0. The number of rotatable bonds is 3. The highest BCUT2D eigenvalue weighted by Crippen LogP contribution is 2.27. The molecule has 0 spiro atoms. The van der Waals surface area contributed by atoms with Crippen molar-refractivity contribution in [1.82, 2.24) is 0 Å². The van der Waals surface area contributed by atoms with Gasteiger partial charge in [0.1, 0.15) is 0 Å². The van der Waals surface area contributed by atoms with Crippen LogP contribution < -0.4 is 0 Å². The lowest BCUT2D eigenvalue weighted by Crippen LogP contribution is -2.04. The largest absolute Gasteiger partial charge is 0.294 e. The van der Waals surface area contributed by atoms with E-state index in [0.717, 1.165) is 30.8 Å². The third-order valence-corrected chi connectivity index (χ3v) is 4.61. The molecule has 0 amide bonds. The van der Waals surface area contributed by atoms with Gasteiger partial charge in [-0.15, -0.1) is 0 Å². The van der Waals surface area contributed by atoms with E-state index in [1.165, 1.54) is 0 Å². The van der Waals surface area contributed by atoms with Crippen LogP contribution in [0.2, 0.25) is 0 Å². The quantitative estimate of drug-likeness (QED) is 0.505. The second kappa shape index (κ2) is 6.12. The van der Waals surface area contributed by atoms with E-state index in [4.69, 9.17) is 0 Å². The molecule has 21 heavy (non-hydrogen) atoms. The molecule has 0 saturated carbocycles. The van der Waals surface area contributed by atoms with Crippen LogP contribution in [0.4, 0.5) is 0 Å². The first-order valence-corrected chi connectivity index (χ1v) is 8.18. The Kier molecular flexibility index (Phi) is 4.22. The van der Waals surface area contributed by atoms with Gasteiger partial charge in [-0.05, 0) is 40.6 Å².